The summed E-state index contributed by atoms with van der Waals surface area (Å²) in [4.78, 5) is 0. The van der Waals surface area contributed by atoms with Crippen molar-refractivity contribution in [2.75, 3.05) is 19.8 Å². The van der Waals surface area contributed by atoms with Crippen molar-refractivity contribution in [1.29, 1.82) is 0 Å². The average Bonchev–Trinajstić information content (AvgIpc) is 2.10. The van der Waals surface area contributed by atoms with Crippen LogP contribution in [0.4, 0.5) is 0 Å². The van der Waals surface area contributed by atoms with Crippen molar-refractivity contribution < 1.29 is 9.84 Å². The van der Waals surface area contributed by atoms with Gasteiger partial charge in [-0.1, -0.05) is 33.1 Å². The number of aliphatic hydroxyl groups excluding tert-OH is 1. The first-order chi connectivity index (χ1) is 5.81. The van der Waals surface area contributed by atoms with E-state index in [-0.39, 0.29) is 6.61 Å². The molecule has 0 rings (SSSR count). The predicted molar refractivity (Wildman–Crippen MR) is 51.2 cm³/mol. The van der Waals surface area contributed by atoms with Crippen molar-refractivity contribution in [3.8, 4) is 0 Å². The second-order valence-electron chi connectivity index (χ2n) is 3.35. The average molecular weight is 174 g/mol. The van der Waals surface area contributed by atoms with Crippen molar-refractivity contribution in [3.63, 3.8) is 0 Å². The van der Waals surface area contributed by atoms with Gasteiger partial charge in [-0.3, -0.25) is 0 Å². The van der Waals surface area contributed by atoms with E-state index in [1.54, 1.807) is 0 Å². The third-order valence-electron chi connectivity index (χ3n) is 2.17. The van der Waals surface area contributed by atoms with E-state index >= 15 is 0 Å². The van der Waals surface area contributed by atoms with Crippen LogP contribution >= 0.6 is 0 Å². The van der Waals surface area contributed by atoms with Gasteiger partial charge in [0.25, 0.3) is 0 Å². The molecule has 0 aliphatic rings. The molecule has 0 aromatic carbocycles. The Morgan fingerprint density at radius 2 is 2.00 bits per heavy atom. The van der Waals surface area contributed by atoms with Gasteiger partial charge in [-0.15, -0.1) is 0 Å². The molecule has 0 fully saturated rings. The molecule has 0 spiro atoms. The fourth-order valence-corrected chi connectivity index (χ4v) is 1.07. The molecule has 0 aliphatic carbocycles. The highest BCUT2D eigenvalue weighted by atomic mass is 16.5. The quantitative estimate of drug-likeness (QED) is 0.572. The zero-order valence-electron chi connectivity index (χ0n) is 8.38. The van der Waals surface area contributed by atoms with E-state index in [1.165, 1.54) is 19.3 Å². The largest absolute Gasteiger partial charge is 0.394 e. The van der Waals surface area contributed by atoms with Crippen molar-refractivity contribution in [2.24, 2.45) is 5.92 Å². The summed E-state index contributed by atoms with van der Waals surface area (Å²) in [5.41, 5.74) is 0. The molecule has 1 unspecified atom stereocenters. The highest BCUT2D eigenvalue weighted by Gasteiger charge is 1.97. The minimum absolute atomic E-state index is 0.144. The zero-order chi connectivity index (χ0) is 9.23. The van der Waals surface area contributed by atoms with Gasteiger partial charge < -0.3 is 9.84 Å². The summed E-state index contributed by atoms with van der Waals surface area (Å²) in [6.07, 6.45) is 4.96. The van der Waals surface area contributed by atoms with Crippen LogP contribution in [0, 0.1) is 5.92 Å². The second-order valence-corrected chi connectivity index (χ2v) is 3.35. The second kappa shape index (κ2) is 9.01. The van der Waals surface area contributed by atoms with Crippen LogP contribution in [-0.2, 0) is 4.74 Å². The van der Waals surface area contributed by atoms with Crippen LogP contribution in [0.2, 0.25) is 0 Å². The lowest BCUT2D eigenvalue weighted by Gasteiger charge is -2.07. The van der Waals surface area contributed by atoms with Crippen molar-refractivity contribution in [2.45, 2.75) is 39.5 Å². The Balaban J connectivity index is 2.90. The smallest absolute Gasteiger partial charge is 0.0697 e. The lowest BCUT2D eigenvalue weighted by Crippen LogP contribution is -2.01. The summed E-state index contributed by atoms with van der Waals surface area (Å²) in [6.45, 7) is 5.95. The fraction of sp³-hybridized carbons (Fsp3) is 1.00. The molecule has 0 heterocycles. The molecule has 0 aromatic rings. The van der Waals surface area contributed by atoms with E-state index in [1.807, 2.05) is 0 Å². The third-order valence-corrected chi connectivity index (χ3v) is 2.17. The van der Waals surface area contributed by atoms with Crippen LogP contribution in [0.3, 0.4) is 0 Å². The minimum Gasteiger partial charge on any atom is -0.394 e. The molecule has 12 heavy (non-hydrogen) atoms. The molecule has 0 amide bonds. The first-order valence-electron chi connectivity index (χ1n) is 4.99. The fourth-order valence-electron chi connectivity index (χ4n) is 1.07. The zero-order valence-corrected chi connectivity index (χ0v) is 8.38. The molecule has 0 bridgehead atoms. The molecule has 0 radical (unpaired) electrons. The Kier molecular flexibility index (Phi) is 8.95. The van der Waals surface area contributed by atoms with Gasteiger partial charge >= 0.3 is 0 Å². The van der Waals surface area contributed by atoms with Crippen LogP contribution in [0.1, 0.15) is 39.5 Å². The lowest BCUT2D eigenvalue weighted by molar-refractivity contribution is 0.0890. The number of aliphatic hydroxyl groups is 1. The molecular formula is C10H22O2. The molecule has 1 atom stereocenters. The summed E-state index contributed by atoms with van der Waals surface area (Å²) in [7, 11) is 0. The van der Waals surface area contributed by atoms with Gasteiger partial charge in [0.05, 0.1) is 13.2 Å². The van der Waals surface area contributed by atoms with Crippen molar-refractivity contribution in [3.05, 3.63) is 0 Å². The van der Waals surface area contributed by atoms with Gasteiger partial charge in [-0.25, -0.2) is 0 Å². The Morgan fingerprint density at radius 1 is 1.25 bits per heavy atom. The molecule has 0 saturated carbocycles. The van der Waals surface area contributed by atoms with Gasteiger partial charge in [0, 0.05) is 6.61 Å². The summed E-state index contributed by atoms with van der Waals surface area (Å²) in [5, 5.41) is 8.42. The monoisotopic (exact) mass is 174 g/mol. The highest BCUT2D eigenvalue weighted by molar-refractivity contribution is 4.50. The number of unbranched alkanes of at least 4 members (excludes halogenated alkanes) is 1. The van der Waals surface area contributed by atoms with Gasteiger partial charge in [-0.2, -0.15) is 0 Å². The first-order valence-corrected chi connectivity index (χ1v) is 4.99. The maximum Gasteiger partial charge on any atom is 0.0697 e. The molecule has 2 heteroatoms. The summed E-state index contributed by atoms with van der Waals surface area (Å²) >= 11 is 0. The van der Waals surface area contributed by atoms with Crippen LogP contribution < -0.4 is 0 Å². The summed E-state index contributed by atoms with van der Waals surface area (Å²) in [6, 6.07) is 0. The van der Waals surface area contributed by atoms with Gasteiger partial charge in [0.1, 0.15) is 0 Å². The van der Waals surface area contributed by atoms with E-state index in [0.717, 1.165) is 18.9 Å². The van der Waals surface area contributed by atoms with E-state index < -0.39 is 0 Å². The van der Waals surface area contributed by atoms with Gasteiger partial charge in [-0.05, 0) is 12.3 Å². The van der Waals surface area contributed by atoms with Gasteiger partial charge in [0.2, 0.25) is 0 Å². The Labute approximate surface area is 75.9 Å². The maximum absolute atomic E-state index is 8.42. The predicted octanol–water partition coefficient (Wildman–Crippen LogP) is 2.21. The maximum atomic E-state index is 8.42. The lowest BCUT2D eigenvalue weighted by atomic mass is 10.0. The highest BCUT2D eigenvalue weighted by Crippen LogP contribution is 2.10. The third kappa shape index (κ3) is 8.02. The molecule has 0 saturated heterocycles. The van der Waals surface area contributed by atoms with Crippen LogP contribution in [0.5, 0.6) is 0 Å². The molecule has 0 aliphatic heterocycles. The van der Waals surface area contributed by atoms with E-state index in [0.29, 0.717) is 6.61 Å². The summed E-state index contributed by atoms with van der Waals surface area (Å²) < 4.78 is 5.15. The number of hydrogen-bond donors (Lipinski definition) is 1. The topological polar surface area (TPSA) is 29.5 Å². The summed E-state index contributed by atoms with van der Waals surface area (Å²) in [5.74, 6) is 0.850. The number of hydrogen-bond acceptors (Lipinski definition) is 2. The standard InChI is InChI=1S/C10H22O2/c1-3-10(2)6-4-5-8-12-9-7-11/h10-11H,3-9H2,1-2H3. The Morgan fingerprint density at radius 3 is 2.58 bits per heavy atom. The molecule has 74 valence electrons. The molecule has 2 nitrogen and oxygen atoms in total. The van der Waals surface area contributed by atoms with Crippen LogP contribution in [0.15, 0.2) is 0 Å². The van der Waals surface area contributed by atoms with Crippen LogP contribution in [0.25, 0.3) is 0 Å². The number of ether oxygens (including phenoxy) is 1. The van der Waals surface area contributed by atoms with Crippen LogP contribution in [-0.4, -0.2) is 24.9 Å². The van der Waals surface area contributed by atoms with Crippen molar-refractivity contribution >= 4 is 0 Å². The first kappa shape index (κ1) is 11.9. The number of rotatable bonds is 8. The minimum atomic E-state index is 0.144. The SMILES string of the molecule is CCC(C)CCCCOCCO. The van der Waals surface area contributed by atoms with E-state index in [9.17, 15) is 0 Å². The van der Waals surface area contributed by atoms with Crippen molar-refractivity contribution in [1.82, 2.24) is 0 Å². The molecular weight excluding hydrogens is 152 g/mol. The van der Waals surface area contributed by atoms with Gasteiger partial charge in [0.15, 0.2) is 0 Å². The molecule has 1 N–H and O–H groups in total. The Hall–Kier alpha value is -0.0800. The molecule has 0 aromatic heterocycles. The van der Waals surface area contributed by atoms with E-state index in [4.69, 9.17) is 9.84 Å². The Bertz CT molecular complexity index is 83.9. The van der Waals surface area contributed by atoms with E-state index in [2.05, 4.69) is 13.8 Å². The normalized spacial score (nSPS) is 13.2.